The van der Waals surface area contributed by atoms with Crippen LogP contribution in [-0.4, -0.2) is 25.4 Å². The molecule has 0 radical (unpaired) electrons. The van der Waals surface area contributed by atoms with Gasteiger partial charge in [-0.3, -0.25) is 4.79 Å². The first kappa shape index (κ1) is 18.2. The number of rotatable bonds is 4. The number of Topliss-reactive ketones (excluding diaryl/α,β-unsaturated/α-hetero) is 1. The van der Waals surface area contributed by atoms with Crippen LogP contribution in [0.4, 0.5) is 0 Å². The Kier molecular flexibility index (Phi) is 4.39. The summed E-state index contributed by atoms with van der Waals surface area (Å²) in [5, 5.41) is 4.62. The molecule has 1 aliphatic heterocycles. The number of ether oxygens (including phenoxy) is 1. The zero-order valence-corrected chi connectivity index (χ0v) is 16.7. The first-order chi connectivity index (χ1) is 14.6. The average Bonchev–Trinajstić information content (AvgIpc) is 3.16. The minimum atomic E-state index is -0.308. The van der Waals surface area contributed by atoms with E-state index in [1.54, 1.807) is 17.8 Å². The molecular weight excluding hydrogens is 376 g/mol. The van der Waals surface area contributed by atoms with Crippen LogP contribution >= 0.6 is 0 Å². The molecule has 0 N–H and O–H groups in total. The maximum Gasteiger partial charge on any atom is 0.228 e. The fraction of sp³-hybridized carbons (Fsp3) is 0.167. The Morgan fingerprint density at radius 3 is 2.47 bits per heavy atom. The highest BCUT2D eigenvalue weighted by molar-refractivity contribution is 5.97. The van der Waals surface area contributed by atoms with Crippen molar-refractivity contribution in [2.45, 2.75) is 26.2 Å². The third-order valence-corrected chi connectivity index (χ3v) is 5.35. The number of carbonyl (C=O) groups excluding carboxylic acids is 1. The summed E-state index contributed by atoms with van der Waals surface area (Å²) in [5.41, 5.74) is 4.17. The van der Waals surface area contributed by atoms with Crippen molar-refractivity contribution in [2.75, 3.05) is 0 Å². The summed E-state index contributed by atoms with van der Waals surface area (Å²) in [6, 6.07) is 20.0. The molecule has 6 nitrogen and oxygen atoms in total. The second-order valence-electron chi connectivity index (χ2n) is 7.39. The molecule has 0 saturated heterocycles. The summed E-state index contributed by atoms with van der Waals surface area (Å²) in [7, 11) is 0. The number of hydrogen-bond donors (Lipinski definition) is 0. The van der Waals surface area contributed by atoms with Crippen molar-refractivity contribution in [2.24, 2.45) is 0 Å². The average molecular weight is 396 g/mol. The van der Waals surface area contributed by atoms with Crippen LogP contribution in [0.3, 0.4) is 0 Å². The van der Waals surface area contributed by atoms with Crippen LogP contribution in [0.5, 0.6) is 5.88 Å². The van der Waals surface area contributed by atoms with Gasteiger partial charge in [-0.15, -0.1) is 5.10 Å². The van der Waals surface area contributed by atoms with Gasteiger partial charge in [-0.1, -0.05) is 60.7 Å². The second-order valence-corrected chi connectivity index (χ2v) is 7.39. The van der Waals surface area contributed by atoms with Crippen molar-refractivity contribution < 1.29 is 9.53 Å². The molecule has 148 valence electrons. The van der Waals surface area contributed by atoms with E-state index in [1.807, 2.05) is 55.5 Å². The van der Waals surface area contributed by atoms with Crippen LogP contribution in [0.15, 0.2) is 78.3 Å². The first-order valence-electron chi connectivity index (χ1n) is 9.84. The minimum Gasteiger partial charge on any atom is -0.443 e. The molecule has 2 aromatic carbocycles. The van der Waals surface area contributed by atoms with E-state index in [1.165, 1.54) is 0 Å². The second kappa shape index (κ2) is 7.22. The lowest BCUT2D eigenvalue weighted by molar-refractivity contribution is -0.114. The van der Waals surface area contributed by atoms with E-state index in [-0.39, 0.29) is 11.7 Å². The van der Waals surface area contributed by atoms with Gasteiger partial charge in [0.25, 0.3) is 0 Å². The maximum atomic E-state index is 12.6. The monoisotopic (exact) mass is 396 g/mol. The van der Waals surface area contributed by atoms with E-state index in [2.05, 4.69) is 22.2 Å². The van der Waals surface area contributed by atoms with Crippen molar-refractivity contribution >= 4 is 11.4 Å². The first-order valence-corrected chi connectivity index (χ1v) is 9.84. The van der Waals surface area contributed by atoms with Gasteiger partial charge in [0.05, 0.1) is 5.56 Å². The molecular formula is C24H20N4O2. The summed E-state index contributed by atoms with van der Waals surface area (Å²) < 4.78 is 7.64. The number of aromatic nitrogens is 4. The zero-order chi connectivity index (χ0) is 20.7. The van der Waals surface area contributed by atoms with Gasteiger partial charge < -0.3 is 4.74 Å². The molecule has 0 spiro atoms. The van der Waals surface area contributed by atoms with Crippen LogP contribution in [0.25, 0.3) is 5.65 Å². The summed E-state index contributed by atoms with van der Waals surface area (Å²) in [4.78, 5) is 21.9. The van der Waals surface area contributed by atoms with Gasteiger partial charge in [0.15, 0.2) is 17.3 Å². The summed E-state index contributed by atoms with van der Waals surface area (Å²) in [6.45, 7) is 3.38. The van der Waals surface area contributed by atoms with Gasteiger partial charge in [-0.05, 0) is 25.0 Å². The normalized spacial score (nSPS) is 15.7. The number of benzene rings is 2. The number of allylic oxidation sites excluding steroid dienone is 2. The summed E-state index contributed by atoms with van der Waals surface area (Å²) in [5.74, 6) is 1.40. The largest absolute Gasteiger partial charge is 0.443 e. The predicted octanol–water partition coefficient (Wildman–Crippen LogP) is 4.10. The predicted molar refractivity (Wildman–Crippen MR) is 112 cm³/mol. The molecule has 5 rings (SSSR count). The molecule has 0 aliphatic carbocycles. The Balaban J connectivity index is 1.70. The zero-order valence-electron chi connectivity index (χ0n) is 16.7. The van der Waals surface area contributed by atoms with E-state index < -0.39 is 0 Å². The maximum absolute atomic E-state index is 12.6. The number of fused-ring (bicyclic) bond motifs is 3. The third-order valence-electron chi connectivity index (χ3n) is 5.35. The highest BCUT2D eigenvalue weighted by Crippen LogP contribution is 2.43. The van der Waals surface area contributed by atoms with Crippen LogP contribution in [-0.2, 0) is 11.2 Å². The molecule has 0 fully saturated rings. The fourth-order valence-corrected chi connectivity index (χ4v) is 4.07. The van der Waals surface area contributed by atoms with E-state index in [0.717, 1.165) is 16.7 Å². The van der Waals surface area contributed by atoms with Gasteiger partial charge in [-0.2, -0.15) is 0 Å². The van der Waals surface area contributed by atoms with Crippen molar-refractivity contribution in [3.05, 3.63) is 101 Å². The van der Waals surface area contributed by atoms with E-state index in [0.29, 0.717) is 35.1 Å². The van der Waals surface area contributed by atoms with Gasteiger partial charge >= 0.3 is 0 Å². The fourth-order valence-electron chi connectivity index (χ4n) is 4.07. The highest BCUT2D eigenvalue weighted by atomic mass is 16.5. The highest BCUT2D eigenvalue weighted by Gasteiger charge is 2.35. The Labute approximate surface area is 173 Å². The standard InChI is InChI=1S/C24H20N4O2/c1-15(29)20-16(2)30-24-22(21(20)18-11-7-4-8-12-18)23-26-19(27-28(23)14-25-24)13-17-9-5-3-6-10-17/h3-12,14,21H,13H2,1-2H3/t21-/m0/s1. The summed E-state index contributed by atoms with van der Waals surface area (Å²) in [6.07, 6.45) is 2.23. The quantitative estimate of drug-likeness (QED) is 0.519. The number of carbonyl (C=O) groups is 1. The van der Waals surface area contributed by atoms with Crippen LogP contribution in [0.1, 0.15) is 42.3 Å². The van der Waals surface area contributed by atoms with Gasteiger partial charge in [0.2, 0.25) is 5.88 Å². The van der Waals surface area contributed by atoms with Crippen molar-refractivity contribution in [3.63, 3.8) is 0 Å². The molecule has 1 aliphatic rings. The molecule has 6 heteroatoms. The molecule has 0 bridgehead atoms. The lowest BCUT2D eigenvalue weighted by atomic mass is 9.82. The molecule has 30 heavy (non-hydrogen) atoms. The number of hydrogen-bond acceptors (Lipinski definition) is 5. The topological polar surface area (TPSA) is 69.4 Å². The summed E-state index contributed by atoms with van der Waals surface area (Å²) >= 11 is 0. The van der Waals surface area contributed by atoms with Gasteiger partial charge in [0, 0.05) is 17.9 Å². The van der Waals surface area contributed by atoms with E-state index >= 15 is 0 Å². The molecule has 4 aromatic rings. The molecule has 0 amide bonds. The Morgan fingerprint density at radius 2 is 1.77 bits per heavy atom. The van der Waals surface area contributed by atoms with Crippen molar-refractivity contribution in [1.82, 2.24) is 19.6 Å². The Hall–Kier alpha value is -3.80. The van der Waals surface area contributed by atoms with Gasteiger partial charge in [-0.25, -0.2) is 14.5 Å². The Morgan fingerprint density at radius 1 is 1.07 bits per heavy atom. The lowest BCUT2D eigenvalue weighted by Crippen LogP contribution is -2.22. The van der Waals surface area contributed by atoms with Crippen LogP contribution in [0, 0.1) is 0 Å². The molecule has 0 unspecified atom stereocenters. The molecule has 2 aromatic heterocycles. The molecule has 3 heterocycles. The molecule has 0 saturated carbocycles. The van der Waals surface area contributed by atoms with Crippen molar-refractivity contribution in [1.29, 1.82) is 0 Å². The number of nitrogens with zero attached hydrogens (tertiary/aromatic N) is 4. The van der Waals surface area contributed by atoms with Crippen LogP contribution in [0.2, 0.25) is 0 Å². The number of ketones is 1. The SMILES string of the molecule is CC(=O)C1=C(C)Oc2ncn3nc(Cc4ccccc4)nc3c2[C@H]1c1ccccc1. The van der Waals surface area contributed by atoms with E-state index in [9.17, 15) is 4.79 Å². The van der Waals surface area contributed by atoms with Crippen molar-refractivity contribution in [3.8, 4) is 5.88 Å². The lowest BCUT2D eigenvalue weighted by Gasteiger charge is -2.28. The van der Waals surface area contributed by atoms with Gasteiger partial charge in [0.1, 0.15) is 12.1 Å². The Bertz CT molecular complexity index is 1280. The smallest absolute Gasteiger partial charge is 0.228 e. The third kappa shape index (κ3) is 3.06. The van der Waals surface area contributed by atoms with E-state index in [4.69, 9.17) is 9.72 Å². The minimum absolute atomic E-state index is 0.0296. The molecule has 1 atom stereocenters. The van der Waals surface area contributed by atoms with Crippen LogP contribution < -0.4 is 4.74 Å².